The molecule has 2 unspecified atom stereocenters. The Morgan fingerprint density at radius 2 is 2.00 bits per heavy atom. The van der Waals surface area contributed by atoms with Crippen molar-refractivity contribution in [3.63, 3.8) is 0 Å². The van der Waals surface area contributed by atoms with Gasteiger partial charge in [-0.3, -0.25) is 4.79 Å². The van der Waals surface area contributed by atoms with E-state index in [1.54, 1.807) is 25.8 Å². The van der Waals surface area contributed by atoms with E-state index in [4.69, 9.17) is 5.73 Å². The summed E-state index contributed by atoms with van der Waals surface area (Å²) in [6.07, 6.45) is 4.03. The van der Waals surface area contributed by atoms with Crippen molar-refractivity contribution in [2.24, 2.45) is 11.7 Å². The highest BCUT2D eigenvalue weighted by molar-refractivity contribution is 5.79. The number of hydrogen-bond acceptors (Lipinski definition) is 3. The van der Waals surface area contributed by atoms with Gasteiger partial charge in [0.2, 0.25) is 5.91 Å². The molecular formula is C12H24N2O2. The topological polar surface area (TPSA) is 66.6 Å². The summed E-state index contributed by atoms with van der Waals surface area (Å²) >= 11 is 0. The first kappa shape index (κ1) is 13.5. The predicted molar refractivity (Wildman–Crippen MR) is 63.9 cm³/mol. The lowest BCUT2D eigenvalue weighted by Gasteiger charge is -2.33. The molecule has 1 aliphatic rings. The highest BCUT2D eigenvalue weighted by Gasteiger charge is 2.31. The van der Waals surface area contributed by atoms with Crippen molar-refractivity contribution in [3.05, 3.63) is 0 Å². The van der Waals surface area contributed by atoms with Crippen LogP contribution in [0.1, 0.15) is 39.5 Å². The smallest absolute Gasteiger partial charge is 0.227 e. The number of carbonyl (C=O) groups is 1. The molecule has 4 nitrogen and oxygen atoms in total. The fourth-order valence-electron chi connectivity index (χ4n) is 2.41. The molecule has 3 N–H and O–H groups in total. The van der Waals surface area contributed by atoms with E-state index in [-0.39, 0.29) is 17.9 Å². The fraction of sp³-hybridized carbons (Fsp3) is 0.917. The van der Waals surface area contributed by atoms with Gasteiger partial charge in [-0.25, -0.2) is 0 Å². The average molecular weight is 228 g/mol. The molecule has 0 bridgehead atoms. The van der Waals surface area contributed by atoms with Crippen molar-refractivity contribution in [2.45, 2.75) is 51.2 Å². The molecule has 0 radical (unpaired) electrons. The summed E-state index contributed by atoms with van der Waals surface area (Å²) in [5.74, 6) is 0.0235. The summed E-state index contributed by atoms with van der Waals surface area (Å²) in [6, 6.07) is -0.00879. The monoisotopic (exact) mass is 228 g/mol. The Morgan fingerprint density at radius 3 is 2.50 bits per heavy atom. The summed E-state index contributed by atoms with van der Waals surface area (Å²) in [5, 5.41) is 9.68. The minimum atomic E-state index is -0.844. The summed E-state index contributed by atoms with van der Waals surface area (Å²) in [6.45, 7) is 3.77. The molecule has 2 atom stereocenters. The Labute approximate surface area is 97.8 Å². The Hall–Kier alpha value is -0.610. The molecule has 1 amide bonds. The summed E-state index contributed by atoms with van der Waals surface area (Å²) in [4.78, 5) is 13.7. The van der Waals surface area contributed by atoms with E-state index in [2.05, 4.69) is 0 Å². The van der Waals surface area contributed by atoms with E-state index in [1.165, 1.54) is 0 Å². The molecule has 0 heterocycles. The first-order valence-electron chi connectivity index (χ1n) is 6.04. The highest BCUT2D eigenvalue weighted by atomic mass is 16.3. The zero-order valence-electron chi connectivity index (χ0n) is 10.6. The molecule has 4 heteroatoms. The summed E-state index contributed by atoms with van der Waals surface area (Å²) < 4.78 is 0. The molecule has 1 aliphatic carbocycles. The van der Waals surface area contributed by atoms with Gasteiger partial charge in [-0.15, -0.1) is 0 Å². The standard InChI is InChI=1S/C12H24N2O2/c1-12(2,16)8-14(3)11(15)9-6-4-5-7-10(9)13/h9-10,16H,4-8,13H2,1-3H3. The van der Waals surface area contributed by atoms with Gasteiger partial charge in [-0.05, 0) is 26.7 Å². The van der Waals surface area contributed by atoms with Crippen molar-refractivity contribution < 1.29 is 9.90 Å². The van der Waals surface area contributed by atoms with Gasteiger partial charge in [-0.1, -0.05) is 12.8 Å². The number of aliphatic hydroxyl groups is 1. The van der Waals surface area contributed by atoms with Crippen LogP contribution in [-0.2, 0) is 4.79 Å². The van der Waals surface area contributed by atoms with Gasteiger partial charge in [0, 0.05) is 19.6 Å². The van der Waals surface area contributed by atoms with Crippen molar-refractivity contribution >= 4 is 5.91 Å². The van der Waals surface area contributed by atoms with Gasteiger partial charge in [-0.2, -0.15) is 0 Å². The number of hydrogen-bond donors (Lipinski definition) is 2. The zero-order chi connectivity index (χ0) is 12.3. The SMILES string of the molecule is CN(CC(C)(C)O)C(=O)C1CCCCC1N. The average Bonchev–Trinajstić information content (AvgIpc) is 2.15. The molecule has 0 aromatic carbocycles. The van der Waals surface area contributed by atoms with E-state index < -0.39 is 5.60 Å². The third kappa shape index (κ3) is 3.76. The van der Waals surface area contributed by atoms with Crippen LogP contribution >= 0.6 is 0 Å². The van der Waals surface area contributed by atoms with Gasteiger partial charge in [0.1, 0.15) is 0 Å². The van der Waals surface area contributed by atoms with Crippen molar-refractivity contribution in [2.75, 3.05) is 13.6 Å². The third-order valence-corrected chi connectivity index (χ3v) is 3.14. The minimum absolute atomic E-state index is 0.00879. The van der Waals surface area contributed by atoms with E-state index in [0.29, 0.717) is 6.54 Å². The minimum Gasteiger partial charge on any atom is -0.389 e. The number of nitrogens with zero attached hydrogens (tertiary/aromatic N) is 1. The quantitative estimate of drug-likeness (QED) is 0.748. The number of nitrogens with two attached hydrogens (primary N) is 1. The lowest BCUT2D eigenvalue weighted by molar-refractivity contribution is -0.138. The molecule has 0 aliphatic heterocycles. The molecule has 94 valence electrons. The Balaban J connectivity index is 2.55. The van der Waals surface area contributed by atoms with Crippen molar-refractivity contribution in [1.29, 1.82) is 0 Å². The van der Waals surface area contributed by atoms with Gasteiger partial charge in [0.15, 0.2) is 0 Å². The van der Waals surface area contributed by atoms with E-state index in [1.807, 2.05) is 0 Å². The number of likely N-dealkylation sites (N-methyl/N-ethyl adjacent to an activating group) is 1. The normalized spacial score (nSPS) is 26.6. The Morgan fingerprint density at radius 1 is 1.44 bits per heavy atom. The number of carbonyl (C=O) groups excluding carboxylic acids is 1. The van der Waals surface area contributed by atoms with Crippen LogP contribution in [-0.4, -0.2) is 41.1 Å². The first-order valence-corrected chi connectivity index (χ1v) is 6.04. The molecular weight excluding hydrogens is 204 g/mol. The molecule has 16 heavy (non-hydrogen) atoms. The zero-order valence-corrected chi connectivity index (χ0v) is 10.6. The first-order chi connectivity index (χ1) is 7.31. The van der Waals surface area contributed by atoms with Gasteiger partial charge < -0.3 is 15.7 Å². The summed E-state index contributed by atoms with van der Waals surface area (Å²) in [7, 11) is 1.74. The molecule has 0 aromatic heterocycles. The highest BCUT2D eigenvalue weighted by Crippen LogP contribution is 2.24. The fourth-order valence-corrected chi connectivity index (χ4v) is 2.41. The van der Waals surface area contributed by atoms with Crippen LogP contribution in [0.25, 0.3) is 0 Å². The van der Waals surface area contributed by atoms with Crippen LogP contribution in [0.15, 0.2) is 0 Å². The van der Waals surface area contributed by atoms with Crippen molar-refractivity contribution in [1.82, 2.24) is 4.90 Å². The molecule has 1 rings (SSSR count). The van der Waals surface area contributed by atoms with Gasteiger partial charge >= 0.3 is 0 Å². The molecule has 1 fully saturated rings. The lowest BCUT2D eigenvalue weighted by atomic mass is 9.84. The molecule has 0 aromatic rings. The maximum Gasteiger partial charge on any atom is 0.227 e. The van der Waals surface area contributed by atoms with Crippen LogP contribution in [0.2, 0.25) is 0 Å². The second-order valence-electron chi connectivity index (χ2n) is 5.56. The third-order valence-electron chi connectivity index (χ3n) is 3.14. The van der Waals surface area contributed by atoms with E-state index in [0.717, 1.165) is 25.7 Å². The van der Waals surface area contributed by atoms with Gasteiger partial charge in [0.05, 0.1) is 11.5 Å². The van der Waals surface area contributed by atoms with E-state index >= 15 is 0 Å². The molecule has 0 spiro atoms. The number of rotatable bonds is 3. The summed E-state index contributed by atoms with van der Waals surface area (Å²) in [5.41, 5.74) is 5.13. The van der Waals surface area contributed by atoms with Crippen LogP contribution in [0.3, 0.4) is 0 Å². The van der Waals surface area contributed by atoms with E-state index in [9.17, 15) is 9.90 Å². The van der Waals surface area contributed by atoms with Gasteiger partial charge in [0.25, 0.3) is 0 Å². The van der Waals surface area contributed by atoms with Crippen LogP contribution < -0.4 is 5.73 Å². The molecule has 0 saturated heterocycles. The largest absolute Gasteiger partial charge is 0.389 e. The Kier molecular flexibility index (Phi) is 4.33. The second kappa shape index (κ2) is 5.15. The maximum atomic E-state index is 12.1. The molecule has 1 saturated carbocycles. The number of amides is 1. The predicted octanol–water partition coefficient (Wildman–Crippen LogP) is 0.733. The van der Waals surface area contributed by atoms with Crippen molar-refractivity contribution in [3.8, 4) is 0 Å². The maximum absolute atomic E-state index is 12.1. The second-order valence-corrected chi connectivity index (χ2v) is 5.56. The van der Waals surface area contributed by atoms with Crippen LogP contribution in [0.4, 0.5) is 0 Å². The van der Waals surface area contributed by atoms with Crippen LogP contribution in [0.5, 0.6) is 0 Å². The Bertz CT molecular complexity index is 248. The van der Waals surface area contributed by atoms with Crippen LogP contribution in [0, 0.1) is 5.92 Å². The lowest BCUT2D eigenvalue weighted by Crippen LogP contribution is -2.48.